The van der Waals surface area contributed by atoms with E-state index in [1.165, 1.54) is 12.0 Å². The number of hydrogen-bond acceptors (Lipinski definition) is 2. The summed E-state index contributed by atoms with van der Waals surface area (Å²) in [4.78, 5) is 14.2. The first kappa shape index (κ1) is 15.7. The average Bonchev–Trinajstić information content (AvgIpc) is 2.53. The van der Waals surface area contributed by atoms with Crippen LogP contribution in [0.25, 0.3) is 0 Å². The van der Waals surface area contributed by atoms with Gasteiger partial charge in [-0.1, -0.05) is 24.6 Å². The summed E-state index contributed by atoms with van der Waals surface area (Å²) in [7, 11) is 0. The molecule has 4 heteroatoms. The van der Waals surface area contributed by atoms with Crippen molar-refractivity contribution in [2.24, 2.45) is 0 Å². The standard InChI is InChI=1S/C17H26N2O2/c1-3-15-6-4-5-12-19(15)17(20)18-11-13-21-16-9-7-14(2)8-10-16/h7-10,15H,3-6,11-13H2,1-2H3,(H,18,20). The maximum absolute atomic E-state index is 12.2. The molecule has 0 bridgehead atoms. The Balaban J connectivity index is 1.70. The number of nitrogens with one attached hydrogen (secondary N) is 1. The Bertz CT molecular complexity index is 445. The van der Waals surface area contributed by atoms with Crippen molar-refractivity contribution in [3.05, 3.63) is 29.8 Å². The molecule has 0 spiro atoms. The van der Waals surface area contributed by atoms with Crippen molar-refractivity contribution in [2.45, 2.75) is 45.6 Å². The molecule has 21 heavy (non-hydrogen) atoms. The first-order chi connectivity index (χ1) is 10.2. The van der Waals surface area contributed by atoms with Crippen LogP contribution in [0, 0.1) is 6.92 Å². The number of piperidine rings is 1. The fraction of sp³-hybridized carbons (Fsp3) is 0.588. The highest BCUT2D eigenvalue weighted by Gasteiger charge is 2.24. The summed E-state index contributed by atoms with van der Waals surface area (Å²) in [5, 5.41) is 2.96. The smallest absolute Gasteiger partial charge is 0.317 e. The molecule has 0 radical (unpaired) electrons. The van der Waals surface area contributed by atoms with Crippen molar-refractivity contribution < 1.29 is 9.53 Å². The number of amides is 2. The van der Waals surface area contributed by atoms with Gasteiger partial charge in [-0.15, -0.1) is 0 Å². The molecule has 2 rings (SSSR count). The van der Waals surface area contributed by atoms with Crippen molar-refractivity contribution in [2.75, 3.05) is 19.7 Å². The zero-order valence-electron chi connectivity index (χ0n) is 13.1. The Labute approximate surface area is 127 Å². The van der Waals surface area contributed by atoms with E-state index < -0.39 is 0 Å². The van der Waals surface area contributed by atoms with E-state index in [1.54, 1.807) is 0 Å². The first-order valence-electron chi connectivity index (χ1n) is 7.94. The van der Waals surface area contributed by atoms with Gasteiger partial charge in [-0.25, -0.2) is 4.79 Å². The van der Waals surface area contributed by atoms with E-state index in [0.717, 1.165) is 31.6 Å². The third kappa shape index (κ3) is 4.66. The predicted molar refractivity (Wildman–Crippen MR) is 84.7 cm³/mol. The largest absolute Gasteiger partial charge is 0.492 e. The van der Waals surface area contributed by atoms with E-state index in [0.29, 0.717) is 19.2 Å². The number of carbonyl (C=O) groups excluding carboxylic acids is 1. The second kappa shape index (κ2) is 7.91. The molecule has 116 valence electrons. The molecule has 4 nitrogen and oxygen atoms in total. The maximum atomic E-state index is 12.2. The van der Waals surface area contributed by atoms with Crippen LogP contribution < -0.4 is 10.1 Å². The molecule has 1 unspecified atom stereocenters. The highest BCUT2D eigenvalue weighted by Crippen LogP contribution is 2.19. The van der Waals surface area contributed by atoms with Gasteiger partial charge in [-0.3, -0.25) is 0 Å². The number of carbonyl (C=O) groups is 1. The Morgan fingerprint density at radius 2 is 2.10 bits per heavy atom. The van der Waals surface area contributed by atoms with Crippen LogP contribution in [0.2, 0.25) is 0 Å². The Morgan fingerprint density at radius 3 is 2.81 bits per heavy atom. The Hall–Kier alpha value is -1.71. The van der Waals surface area contributed by atoms with E-state index >= 15 is 0 Å². The molecule has 1 fully saturated rings. The molecular weight excluding hydrogens is 264 g/mol. The van der Waals surface area contributed by atoms with Crippen molar-refractivity contribution in [1.82, 2.24) is 10.2 Å². The number of aryl methyl sites for hydroxylation is 1. The van der Waals surface area contributed by atoms with Crippen LogP contribution in [0.5, 0.6) is 5.75 Å². The molecule has 1 aliphatic heterocycles. The number of nitrogens with zero attached hydrogens (tertiary/aromatic N) is 1. The number of hydrogen-bond donors (Lipinski definition) is 1. The molecule has 2 amide bonds. The lowest BCUT2D eigenvalue weighted by Crippen LogP contribution is -2.49. The minimum atomic E-state index is 0.0501. The SMILES string of the molecule is CCC1CCCCN1C(=O)NCCOc1ccc(C)cc1. The number of urea groups is 1. The summed E-state index contributed by atoms with van der Waals surface area (Å²) in [6.07, 6.45) is 4.51. The predicted octanol–water partition coefficient (Wildman–Crippen LogP) is 3.35. The van der Waals surface area contributed by atoms with Crippen LogP contribution in [-0.2, 0) is 0 Å². The molecule has 1 aromatic rings. The van der Waals surface area contributed by atoms with Gasteiger partial charge in [0.15, 0.2) is 0 Å². The van der Waals surface area contributed by atoms with E-state index in [9.17, 15) is 4.79 Å². The molecule has 0 saturated carbocycles. The topological polar surface area (TPSA) is 41.6 Å². The molecular formula is C17H26N2O2. The highest BCUT2D eigenvalue weighted by atomic mass is 16.5. The van der Waals surface area contributed by atoms with Crippen molar-refractivity contribution in [1.29, 1.82) is 0 Å². The molecule has 1 saturated heterocycles. The monoisotopic (exact) mass is 290 g/mol. The van der Waals surface area contributed by atoms with Gasteiger partial charge in [-0.2, -0.15) is 0 Å². The van der Waals surface area contributed by atoms with Gasteiger partial charge in [0.1, 0.15) is 12.4 Å². The third-order valence-electron chi connectivity index (χ3n) is 4.03. The number of benzene rings is 1. The Kier molecular flexibility index (Phi) is 5.90. The average molecular weight is 290 g/mol. The highest BCUT2D eigenvalue weighted by molar-refractivity contribution is 5.74. The minimum absolute atomic E-state index is 0.0501. The summed E-state index contributed by atoms with van der Waals surface area (Å²) >= 11 is 0. The fourth-order valence-corrected chi connectivity index (χ4v) is 2.76. The number of likely N-dealkylation sites (tertiary alicyclic amines) is 1. The Morgan fingerprint density at radius 1 is 1.33 bits per heavy atom. The lowest BCUT2D eigenvalue weighted by molar-refractivity contribution is 0.147. The van der Waals surface area contributed by atoms with Crippen molar-refractivity contribution in [3.63, 3.8) is 0 Å². The molecule has 1 aliphatic rings. The molecule has 1 heterocycles. The van der Waals surface area contributed by atoms with Gasteiger partial charge in [0, 0.05) is 12.6 Å². The second-order valence-electron chi connectivity index (χ2n) is 5.64. The molecule has 0 aromatic heterocycles. The second-order valence-corrected chi connectivity index (χ2v) is 5.64. The molecule has 1 N–H and O–H groups in total. The van der Waals surface area contributed by atoms with Gasteiger partial charge in [0.25, 0.3) is 0 Å². The van der Waals surface area contributed by atoms with E-state index in [1.807, 2.05) is 36.1 Å². The first-order valence-corrected chi connectivity index (χ1v) is 7.94. The number of ether oxygens (including phenoxy) is 1. The number of rotatable bonds is 5. The summed E-state index contributed by atoms with van der Waals surface area (Å²) in [5.41, 5.74) is 1.21. The quantitative estimate of drug-likeness (QED) is 0.845. The van der Waals surface area contributed by atoms with Gasteiger partial charge in [0.05, 0.1) is 6.54 Å². The van der Waals surface area contributed by atoms with Crippen LogP contribution in [0.1, 0.15) is 38.2 Å². The lowest BCUT2D eigenvalue weighted by Gasteiger charge is -2.35. The van der Waals surface area contributed by atoms with Crippen LogP contribution >= 0.6 is 0 Å². The zero-order chi connectivity index (χ0) is 15.1. The lowest BCUT2D eigenvalue weighted by atomic mass is 10.0. The molecule has 1 aromatic carbocycles. The van der Waals surface area contributed by atoms with Crippen LogP contribution in [0.4, 0.5) is 4.79 Å². The van der Waals surface area contributed by atoms with E-state index in [2.05, 4.69) is 12.2 Å². The van der Waals surface area contributed by atoms with Crippen molar-refractivity contribution in [3.8, 4) is 5.75 Å². The maximum Gasteiger partial charge on any atom is 0.317 e. The fourth-order valence-electron chi connectivity index (χ4n) is 2.76. The van der Waals surface area contributed by atoms with Crippen LogP contribution in [-0.4, -0.2) is 36.7 Å². The van der Waals surface area contributed by atoms with Gasteiger partial charge >= 0.3 is 6.03 Å². The summed E-state index contributed by atoms with van der Waals surface area (Å²) in [6, 6.07) is 8.40. The summed E-state index contributed by atoms with van der Waals surface area (Å²) in [6.45, 7) is 6.12. The third-order valence-corrected chi connectivity index (χ3v) is 4.03. The van der Waals surface area contributed by atoms with Gasteiger partial charge in [-0.05, 0) is 44.7 Å². The summed E-state index contributed by atoms with van der Waals surface area (Å²) < 4.78 is 5.62. The minimum Gasteiger partial charge on any atom is -0.492 e. The van der Waals surface area contributed by atoms with E-state index in [-0.39, 0.29) is 6.03 Å². The molecule has 0 aliphatic carbocycles. The van der Waals surface area contributed by atoms with Crippen LogP contribution in [0.15, 0.2) is 24.3 Å². The van der Waals surface area contributed by atoms with Crippen LogP contribution in [0.3, 0.4) is 0 Å². The summed E-state index contributed by atoms with van der Waals surface area (Å²) in [5.74, 6) is 0.847. The van der Waals surface area contributed by atoms with Gasteiger partial charge < -0.3 is 15.0 Å². The van der Waals surface area contributed by atoms with Crippen molar-refractivity contribution >= 4 is 6.03 Å². The zero-order valence-corrected chi connectivity index (χ0v) is 13.1. The normalized spacial score (nSPS) is 18.4. The van der Waals surface area contributed by atoms with Gasteiger partial charge in [0.2, 0.25) is 0 Å². The van der Waals surface area contributed by atoms with E-state index in [4.69, 9.17) is 4.74 Å². The molecule has 1 atom stereocenters.